The summed E-state index contributed by atoms with van der Waals surface area (Å²) in [7, 11) is 2.15. The Morgan fingerprint density at radius 2 is 1.96 bits per heavy atom. The second-order valence-corrected chi connectivity index (χ2v) is 6.62. The minimum absolute atomic E-state index is 0.199. The number of fused-ring (bicyclic) bond motifs is 1. The third-order valence-corrected chi connectivity index (χ3v) is 4.90. The van der Waals surface area contributed by atoms with Crippen LogP contribution in [0.2, 0.25) is 0 Å². The first kappa shape index (κ1) is 16.1. The van der Waals surface area contributed by atoms with E-state index in [9.17, 15) is 4.79 Å². The second kappa shape index (κ2) is 6.85. The zero-order valence-electron chi connectivity index (χ0n) is 14.4. The number of nitrogens with one attached hydrogen (secondary N) is 2. The molecule has 1 fully saturated rings. The SMILES string of the molecule is CN1CCN(c2ccc(NC(=O)c3n[nH]c4c3COCC4)cc2)CC1. The molecule has 7 nitrogen and oxygen atoms in total. The molecule has 1 aromatic heterocycles. The molecule has 0 aliphatic carbocycles. The Morgan fingerprint density at radius 1 is 1.20 bits per heavy atom. The standard InChI is InChI=1S/C18H23N5O2/c1-22-7-9-23(10-8-22)14-4-2-13(3-5-14)19-18(24)17-15-12-25-11-6-16(15)20-21-17/h2-5H,6-12H2,1H3,(H,19,24)(H,20,21). The summed E-state index contributed by atoms with van der Waals surface area (Å²) in [5.41, 5.74) is 4.27. The lowest BCUT2D eigenvalue weighted by Crippen LogP contribution is -2.44. The number of hydrogen-bond acceptors (Lipinski definition) is 5. The van der Waals surface area contributed by atoms with Crippen LogP contribution in [-0.4, -0.2) is 60.8 Å². The van der Waals surface area contributed by atoms with Crippen molar-refractivity contribution < 1.29 is 9.53 Å². The van der Waals surface area contributed by atoms with E-state index in [0.29, 0.717) is 18.9 Å². The molecular weight excluding hydrogens is 318 g/mol. The van der Waals surface area contributed by atoms with Crippen LogP contribution in [0.4, 0.5) is 11.4 Å². The third kappa shape index (κ3) is 3.38. The van der Waals surface area contributed by atoms with Gasteiger partial charge in [0.2, 0.25) is 0 Å². The topological polar surface area (TPSA) is 73.5 Å². The van der Waals surface area contributed by atoms with Gasteiger partial charge in [0, 0.05) is 55.2 Å². The monoisotopic (exact) mass is 341 g/mol. The van der Waals surface area contributed by atoms with Crippen LogP contribution in [0.3, 0.4) is 0 Å². The zero-order valence-corrected chi connectivity index (χ0v) is 14.4. The lowest BCUT2D eigenvalue weighted by Gasteiger charge is -2.34. The predicted octanol–water partition coefficient (Wildman–Crippen LogP) is 1.49. The summed E-state index contributed by atoms with van der Waals surface area (Å²) >= 11 is 0. The number of nitrogens with zero attached hydrogens (tertiary/aromatic N) is 3. The van der Waals surface area contributed by atoms with E-state index in [-0.39, 0.29) is 5.91 Å². The van der Waals surface area contributed by atoms with E-state index in [1.165, 1.54) is 5.69 Å². The van der Waals surface area contributed by atoms with Crippen molar-refractivity contribution in [3.63, 3.8) is 0 Å². The number of aromatic nitrogens is 2. The largest absolute Gasteiger partial charge is 0.376 e. The van der Waals surface area contributed by atoms with E-state index in [1.807, 2.05) is 12.1 Å². The van der Waals surface area contributed by atoms with Gasteiger partial charge in [-0.25, -0.2) is 0 Å². The molecule has 3 heterocycles. The molecule has 2 N–H and O–H groups in total. The van der Waals surface area contributed by atoms with E-state index < -0.39 is 0 Å². The van der Waals surface area contributed by atoms with Crippen molar-refractivity contribution in [1.29, 1.82) is 0 Å². The number of aromatic amines is 1. The van der Waals surface area contributed by atoms with E-state index in [2.05, 4.69) is 44.5 Å². The molecule has 25 heavy (non-hydrogen) atoms. The molecule has 132 valence electrons. The van der Waals surface area contributed by atoms with Gasteiger partial charge in [-0.05, 0) is 31.3 Å². The number of carbonyl (C=O) groups excluding carboxylic acids is 1. The van der Waals surface area contributed by atoms with Gasteiger partial charge < -0.3 is 19.9 Å². The van der Waals surface area contributed by atoms with E-state index >= 15 is 0 Å². The average Bonchev–Trinajstić information content (AvgIpc) is 3.07. The fourth-order valence-electron chi connectivity index (χ4n) is 3.31. The molecule has 1 amide bonds. The van der Waals surface area contributed by atoms with Crippen LogP contribution >= 0.6 is 0 Å². The summed E-state index contributed by atoms with van der Waals surface area (Å²) < 4.78 is 5.44. The fourth-order valence-corrected chi connectivity index (χ4v) is 3.31. The van der Waals surface area contributed by atoms with Gasteiger partial charge in [0.25, 0.3) is 5.91 Å². The van der Waals surface area contributed by atoms with Crippen LogP contribution < -0.4 is 10.2 Å². The van der Waals surface area contributed by atoms with Gasteiger partial charge in [-0.1, -0.05) is 0 Å². The quantitative estimate of drug-likeness (QED) is 0.885. The van der Waals surface area contributed by atoms with Crippen LogP contribution in [0.1, 0.15) is 21.7 Å². The number of hydrogen-bond donors (Lipinski definition) is 2. The zero-order chi connectivity index (χ0) is 17.2. The second-order valence-electron chi connectivity index (χ2n) is 6.62. The van der Waals surface area contributed by atoms with E-state index in [4.69, 9.17) is 4.74 Å². The third-order valence-electron chi connectivity index (χ3n) is 4.90. The molecule has 2 aliphatic heterocycles. The molecule has 0 atom stereocenters. The highest BCUT2D eigenvalue weighted by Gasteiger charge is 2.22. The van der Waals surface area contributed by atoms with Crippen LogP contribution in [-0.2, 0) is 17.8 Å². The lowest BCUT2D eigenvalue weighted by atomic mass is 10.1. The van der Waals surface area contributed by atoms with Gasteiger partial charge in [-0.3, -0.25) is 9.89 Å². The number of amides is 1. The lowest BCUT2D eigenvalue weighted by molar-refractivity contribution is 0.0985. The first-order chi connectivity index (χ1) is 12.2. The Hall–Kier alpha value is -2.38. The summed E-state index contributed by atoms with van der Waals surface area (Å²) in [6, 6.07) is 8.01. The first-order valence-electron chi connectivity index (χ1n) is 8.69. The van der Waals surface area contributed by atoms with Crippen molar-refractivity contribution in [1.82, 2.24) is 15.1 Å². The Balaban J connectivity index is 1.42. The van der Waals surface area contributed by atoms with Crippen LogP contribution in [0.15, 0.2) is 24.3 Å². The normalized spacial score (nSPS) is 18.0. The summed E-state index contributed by atoms with van der Waals surface area (Å²) in [6.45, 7) is 5.32. The molecule has 0 unspecified atom stereocenters. The molecule has 0 radical (unpaired) electrons. The number of ether oxygens (including phenoxy) is 1. The number of likely N-dealkylation sites (N-methyl/N-ethyl adjacent to an activating group) is 1. The highest BCUT2D eigenvalue weighted by molar-refractivity contribution is 6.04. The van der Waals surface area contributed by atoms with Gasteiger partial charge in [0.05, 0.1) is 13.2 Å². The fraction of sp³-hybridized carbons (Fsp3) is 0.444. The van der Waals surface area contributed by atoms with E-state index in [0.717, 1.165) is 49.5 Å². The molecule has 1 aromatic carbocycles. The molecule has 0 saturated carbocycles. The minimum atomic E-state index is -0.199. The molecule has 7 heteroatoms. The van der Waals surface area contributed by atoms with Crippen LogP contribution in [0, 0.1) is 0 Å². The van der Waals surface area contributed by atoms with Crippen molar-refractivity contribution in [3.8, 4) is 0 Å². The van der Waals surface area contributed by atoms with Gasteiger partial charge in [0.15, 0.2) is 5.69 Å². The number of rotatable bonds is 3. The Labute approximate surface area is 147 Å². The molecule has 4 rings (SSSR count). The van der Waals surface area contributed by atoms with Crippen molar-refractivity contribution >= 4 is 17.3 Å². The van der Waals surface area contributed by atoms with Gasteiger partial charge >= 0.3 is 0 Å². The average molecular weight is 341 g/mol. The molecule has 2 aliphatic rings. The van der Waals surface area contributed by atoms with Gasteiger partial charge in [0.1, 0.15) is 0 Å². The summed E-state index contributed by atoms with van der Waals surface area (Å²) in [5.74, 6) is -0.199. The Morgan fingerprint density at radius 3 is 2.72 bits per heavy atom. The maximum absolute atomic E-state index is 12.5. The van der Waals surface area contributed by atoms with Crippen LogP contribution in [0.5, 0.6) is 0 Å². The highest BCUT2D eigenvalue weighted by atomic mass is 16.5. The van der Waals surface area contributed by atoms with Gasteiger partial charge in [-0.2, -0.15) is 5.10 Å². The molecule has 2 aromatic rings. The molecule has 0 spiro atoms. The van der Waals surface area contributed by atoms with Crippen LogP contribution in [0.25, 0.3) is 0 Å². The van der Waals surface area contributed by atoms with Crippen molar-refractivity contribution in [2.75, 3.05) is 50.1 Å². The Bertz CT molecular complexity index is 747. The number of piperazine rings is 1. The Kier molecular flexibility index (Phi) is 4.42. The molecule has 1 saturated heterocycles. The minimum Gasteiger partial charge on any atom is -0.376 e. The maximum Gasteiger partial charge on any atom is 0.276 e. The summed E-state index contributed by atoms with van der Waals surface area (Å²) in [4.78, 5) is 17.2. The maximum atomic E-state index is 12.5. The van der Waals surface area contributed by atoms with Gasteiger partial charge in [-0.15, -0.1) is 0 Å². The van der Waals surface area contributed by atoms with E-state index in [1.54, 1.807) is 0 Å². The van der Waals surface area contributed by atoms with Crippen molar-refractivity contribution in [2.24, 2.45) is 0 Å². The predicted molar refractivity (Wildman–Crippen MR) is 96.1 cm³/mol. The van der Waals surface area contributed by atoms with Crippen molar-refractivity contribution in [2.45, 2.75) is 13.0 Å². The highest BCUT2D eigenvalue weighted by Crippen LogP contribution is 2.22. The first-order valence-corrected chi connectivity index (χ1v) is 8.69. The molecular formula is C18H23N5O2. The summed E-state index contributed by atoms with van der Waals surface area (Å²) in [6.07, 6.45) is 0.773. The number of anilines is 2. The summed E-state index contributed by atoms with van der Waals surface area (Å²) in [5, 5.41) is 10.0. The molecule has 0 bridgehead atoms. The number of H-pyrrole nitrogens is 1. The van der Waals surface area contributed by atoms with Crippen molar-refractivity contribution in [3.05, 3.63) is 41.2 Å². The number of benzene rings is 1. The smallest absolute Gasteiger partial charge is 0.276 e. The number of carbonyl (C=O) groups is 1.